The summed E-state index contributed by atoms with van der Waals surface area (Å²) in [6.45, 7) is 3.22. The molecule has 1 aliphatic heterocycles. The maximum absolute atomic E-state index is 9.34. The monoisotopic (exact) mass is 208 g/mol. The van der Waals surface area contributed by atoms with Crippen molar-refractivity contribution in [2.45, 2.75) is 25.6 Å². The second-order valence-corrected chi connectivity index (χ2v) is 3.85. The van der Waals surface area contributed by atoms with Crippen LogP contribution in [0.3, 0.4) is 0 Å². The molecule has 3 nitrogen and oxygen atoms in total. The van der Waals surface area contributed by atoms with Crippen molar-refractivity contribution in [3.05, 3.63) is 29.8 Å². The van der Waals surface area contributed by atoms with Gasteiger partial charge in [0.1, 0.15) is 11.9 Å². The van der Waals surface area contributed by atoms with Crippen molar-refractivity contribution in [1.82, 2.24) is 0 Å². The van der Waals surface area contributed by atoms with Gasteiger partial charge < -0.3 is 14.6 Å². The molecule has 1 aromatic carbocycles. The minimum atomic E-state index is -0.422. The van der Waals surface area contributed by atoms with E-state index in [-0.39, 0.29) is 6.10 Å². The van der Waals surface area contributed by atoms with Crippen LogP contribution in [0.4, 0.5) is 0 Å². The Labute approximate surface area is 89.6 Å². The first-order valence-electron chi connectivity index (χ1n) is 5.28. The van der Waals surface area contributed by atoms with Crippen LogP contribution in [0.15, 0.2) is 24.3 Å². The molecule has 0 aliphatic carbocycles. The predicted octanol–water partition coefficient (Wildman–Crippen LogP) is 1.91. The largest absolute Gasteiger partial charge is 0.488 e. The van der Waals surface area contributed by atoms with E-state index in [0.29, 0.717) is 6.61 Å². The van der Waals surface area contributed by atoms with E-state index in [1.807, 2.05) is 24.3 Å². The van der Waals surface area contributed by atoms with Crippen LogP contribution in [0.5, 0.6) is 5.75 Å². The zero-order valence-electron chi connectivity index (χ0n) is 8.85. The molecule has 1 aliphatic rings. The van der Waals surface area contributed by atoms with Gasteiger partial charge in [0, 0.05) is 6.42 Å². The van der Waals surface area contributed by atoms with Gasteiger partial charge in [-0.2, -0.15) is 0 Å². The lowest BCUT2D eigenvalue weighted by Gasteiger charge is -2.12. The summed E-state index contributed by atoms with van der Waals surface area (Å²) < 4.78 is 10.9. The van der Waals surface area contributed by atoms with Crippen LogP contribution in [0.1, 0.15) is 25.0 Å². The second kappa shape index (κ2) is 4.64. The Morgan fingerprint density at radius 3 is 2.67 bits per heavy atom. The van der Waals surface area contributed by atoms with Crippen molar-refractivity contribution in [1.29, 1.82) is 0 Å². The van der Waals surface area contributed by atoms with Crippen LogP contribution in [0.25, 0.3) is 0 Å². The van der Waals surface area contributed by atoms with Gasteiger partial charge in [-0.05, 0) is 24.6 Å². The Hall–Kier alpha value is -1.06. The lowest BCUT2D eigenvalue weighted by molar-refractivity contribution is 0.141. The van der Waals surface area contributed by atoms with Crippen molar-refractivity contribution < 1.29 is 14.6 Å². The molecule has 2 rings (SSSR count). The van der Waals surface area contributed by atoms with Gasteiger partial charge in [0.05, 0.1) is 19.3 Å². The van der Waals surface area contributed by atoms with Gasteiger partial charge >= 0.3 is 0 Å². The molecule has 0 amide bonds. The fourth-order valence-electron chi connectivity index (χ4n) is 1.62. The summed E-state index contributed by atoms with van der Waals surface area (Å²) in [5, 5.41) is 9.34. The normalized spacial score (nSPS) is 22.7. The summed E-state index contributed by atoms with van der Waals surface area (Å²) in [5.41, 5.74) is 0.907. The van der Waals surface area contributed by atoms with E-state index < -0.39 is 6.10 Å². The molecular formula is C12H16O3. The molecule has 0 radical (unpaired) electrons. The molecule has 0 aromatic heterocycles. The summed E-state index contributed by atoms with van der Waals surface area (Å²) in [6.07, 6.45) is 0.717. The van der Waals surface area contributed by atoms with Crippen LogP contribution in [-0.2, 0) is 4.74 Å². The predicted molar refractivity (Wildman–Crippen MR) is 56.9 cm³/mol. The van der Waals surface area contributed by atoms with E-state index >= 15 is 0 Å². The number of hydrogen-bond donors (Lipinski definition) is 1. The number of aliphatic hydroxyl groups excluding tert-OH is 1. The van der Waals surface area contributed by atoms with E-state index in [2.05, 4.69) is 0 Å². The van der Waals surface area contributed by atoms with Crippen molar-refractivity contribution >= 4 is 0 Å². The van der Waals surface area contributed by atoms with Crippen molar-refractivity contribution in [3.63, 3.8) is 0 Å². The molecule has 0 saturated carbocycles. The van der Waals surface area contributed by atoms with E-state index in [4.69, 9.17) is 9.47 Å². The lowest BCUT2D eigenvalue weighted by Crippen LogP contribution is -2.15. The maximum atomic E-state index is 9.34. The molecule has 3 heteroatoms. The highest BCUT2D eigenvalue weighted by atomic mass is 16.5. The molecule has 82 valence electrons. The molecule has 1 fully saturated rings. The Morgan fingerprint density at radius 2 is 2.13 bits per heavy atom. The lowest BCUT2D eigenvalue weighted by atomic mass is 10.1. The highest BCUT2D eigenvalue weighted by Crippen LogP contribution is 2.20. The van der Waals surface area contributed by atoms with Crippen molar-refractivity contribution in [2.24, 2.45) is 0 Å². The second-order valence-electron chi connectivity index (χ2n) is 3.85. The first-order chi connectivity index (χ1) is 7.25. The SMILES string of the molecule is CC(O)c1ccc(OC2CCOC2)cc1. The molecule has 1 saturated heterocycles. The highest BCUT2D eigenvalue weighted by Gasteiger charge is 2.16. The van der Waals surface area contributed by atoms with E-state index in [1.165, 1.54) is 0 Å². The van der Waals surface area contributed by atoms with Crippen LogP contribution in [0, 0.1) is 0 Å². The third-order valence-electron chi connectivity index (χ3n) is 2.55. The highest BCUT2D eigenvalue weighted by molar-refractivity contribution is 5.28. The smallest absolute Gasteiger partial charge is 0.124 e. The molecule has 15 heavy (non-hydrogen) atoms. The Kier molecular flexibility index (Phi) is 3.23. The summed E-state index contributed by atoms with van der Waals surface area (Å²) >= 11 is 0. The number of aliphatic hydroxyl groups is 1. The van der Waals surface area contributed by atoms with Gasteiger partial charge in [-0.15, -0.1) is 0 Å². The molecule has 1 N–H and O–H groups in total. The maximum Gasteiger partial charge on any atom is 0.124 e. The van der Waals surface area contributed by atoms with Gasteiger partial charge in [0.2, 0.25) is 0 Å². The minimum Gasteiger partial charge on any atom is -0.488 e. The third-order valence-corrected chi connectivity index (χ3v) is 2.55. The fourth-order valence-corrected chi connectivity index (χ4v) is 1.62. The quantitative estimate of drug-likeness (QED) is 0.824. The summed E-state index contributed by atoms with van der Waals surface area (Å²) in [6, 6.07) is 7.55. The Balaban J connectivity index is 1.97. The Morgan fingerprint density at radius 1 is 1.40 bits per heavy atom. The average Bonchev–Trinajstić information content (AvgIpc) is 2.71. The molecule has 2 unspecified atom stereocenters. The molecule has 1 heterocycles. The number of hydrogen-bond acceptors (Lipinski definition) is 3. The topological polar surface area (TPSA) is 38.7 Å². The molecule has 0 bridgehead atoms. The molecular weight excluding hydrogens is 192 g/mol. The van der Waals surface area contributed by atoms with Crippen molar-refractivity contribution in [3.8, 4) is 5.75 Å². The third kappa shape index (κ3) is 2.70. The molecule has 1 aromatic rings. The first kappa shape index (κ1) is 10.5. The average molecular weight is 208 g/mol. The standard InChI is InChI=1S/C12H16O3/c1-9(13)10-2-4-11(5-3-10)15-12-6-7-14-8-12/h2-5,9,12-13H,6-8H2,1H3. The van der Waals surface area contributed by atoms with Crippen LogP contribution in [0.2, 0.25) is 0 Å². The Bertz CT molecular complexity index is 299. The first-order valence-corrected chi connectivity index (χ1v) is 5.28. The van der Waals surface area contributed by atoms with E-state index in [1.54, 1.807) is 6.92 Å². The number of benzene rings is 1. The van der Waals surface area contributed by atoms with Crippen LogP contribution < -0.4 is 4.74 Å². The molecule has 2 atom stereocenters. The fraction of sp³-hybridized carbons (Fsp3) is 0.500. The van der Waals surface area contributed by atoms with Gasteiger partial charge in [0.25, 0.3) is 0 Å². The summed E-state index contributed by atoms with van der Waals surface area (Å²) in [5.74, 6) is 0.843. The summed E-state index contributed by atoms with van der Waals surface area (Å²) in [7, 11) is 0. The molecule has 0 spiro atoms. The van der Waals surface area contributed by atoms with Crippen molar-refractivity contribution in [2.75, 3.05) is 13.2 Å². The van der Waals surface area contributed by atoms with Gasteiger partial charge in [-0.25, -0.2) is 0 Å². The van der Waals surface area contributed by atoms with Gasteiger partial charge in [-0.1, -0.05) is 12.1 Å². The van der Waals surface area contributed by atoms with E-state index in [9.17, 15) is 5.11 Å². The number of rotatable bonds is 3. The van der Waals surface area contributed by atoms with Crippen LogP contribution in [-0.4, -0.2) is 24.4 Å². The number of ether oxygens (including phenoxy) is 2. The zero-order chi connectivity index (χ0) is 10.7. The van der Waals surface area contributed by atoms with Crippen LogP contribution >= 0.6 is 0 Å². The summed E-state index contributed by atoms with van der Waals surface area (Å²) in [4.78, 5) is 0. The van der Waals surface area contributed by atoms with E-state index in [0.717, 1.165) is 24.3 Å². The minimum absolute atomic E-state index is 0.183. The van der Waals surface area contributed by atoms with Gasteiger partial charge in [-0.3, -0.25) is 0 Å². The zero-order valence-corrected chi connectivity index (χ0v) is 8.85. The van der Waals surface area contributed by atoms with Gasteiger partial charge in [0.15, 0.2) is 0 Å².